The summed E-state index contributed by atoms with van der Waals surface area (Å²) in [6, 6.07) is 41.6. The van der Waals surface area contributed by atoms with Gasteiger partial charge in [-0.1, -0.05) is 125 Å². The summed E-state index contributed by atoms with van der Waals surface area (Å²) >= 11 is 0. The molecule has 5 heteroatoms. The maximum absolute atomic E-state index is 8.44. The second kappa shape index (κ2) is 15.4. The minimum atomic E-state index is -1.50. The molecule has 0 unspecified atom stereocenters. The van der Waals surface area contributed by atoms with E-state index in [-0.39, 0.29) is 25.5 Å². The third kappa shape index (κ3) is 8.58. The summed E-state index contributed by atoms with van der Waals surface area (Å²) in [7, 11) is -1.50. The number of fused-ring (bicyclic) bond motifs is 3. The van der Waals surface area contributed by atoms with Gasteiger partial charge in [0.25, 0.3) is 0 Å². The van der Waals surface area contributed by atoms with Crippen molar-refractivity contribution >= 4 is 35.2 Å². The number of furan rings is 1. The van der Waals surface area contributed by atoms with Crippen LogP contribution in [0.15, 0.2) is 120 Å². The second-order valence-corrected chi connectivity index (χ2v) is 20.2. The normalized spacial score (nSPS) is 12.2. The molecule has 50 heavy (non-hydrogen) atoms. The minimum absolute atomic E-state index is 0. The molecule has 257 valence electrons. The first-order valence-corrected chi connectivity index (χ1v) is 20.5. The quantitative estimate of drug-likeness (QED) is 0.124. The Kier molecular flexibility index (Phi) is 11.0. The van der Waals surface area contributed by atoms with E-state index in [2.05, 4.69) is 129 Å². The Morgan fingerprint density at radius 3 is 2.22 bits per heavy atom. The molecule has 3 nitrogen and oxygen atoms in total. The molecular formula is C45H46IrN2OSi-2. The summed E-state index contributed by atoms with van der Waals surface area (Å²) in [5, 5.41) is 3.49. The number of hydrogen-bond donors (Lipinski definition) is 0. The first-order valence-electron chi connectivity index (χ1n) is 17.5. The number of pyridine rings is 2. The molecule has 3 heterocycles. The summed E-state index contributed by atoms with van der Waals surface area (Å²) < 4.78 is 14.7. The fraction of sp³-hybridized carbons (Fsp3) is 0.244. The average molecular weight is 852 g/mol. The van der Waals surface area contributed by atoms with Crippen molar-refractivity contribution in [1.82, 2.24) is 9.97 Å². The van der Waals surface area contributed by atoms with Gasteiger partial charge in [-0.15, -0.1) is 54.1 Å². The van der Waals surface area contributed by atoms with Gasteiger partial charge in [0.15, 0.2) is 0 Å². The smallest absolute Gasteiger partial charge is 0.120 e. The fourth-order valence-corrected chi connectivity index (χ4v) is 7.82. The van der Waals surface area contributed by atoms with Crippen molar-refractivity contribution in [3.05, 3.63) is 139 Å². The van der Waals surface area contributed by atoms with Gasteiger partial charge >= 0.3 is 0 Å². The Labute approximate surface area is 314 Å². The fourth-order valence-electron chi connectivity index (χ4n) is 6.24. The maximum Gasteiger partial charge on any atom is 0.120 e. The van der Waals surface area contributed by atoms with Crippen LogP contribution in [-0.4, -0.2) is 18.0 Å². The molecule has 7 rings (SSSR count). The molecular weight excluding hydrogens is 805 g/mol. The van der Waals surface area contributed by atoms with Crippen LogP contribution in [0.4, 0.5) is 0 Å². The van der Waals surface area contributed by atoms with Gasteiger partial charge in [0.1, 0.15) is 5.58 Å². The Balaban J connectivity index is 0.000000211. The Hall–Kier alpha value is -4.15. The van der Waals surface area contributed by atoms with Gasteiger partial charge in [-0.2, -0.15) is 0 Å². The molecule has 0 saturated carbocycles. The molecule has 0 aliphatic carbocycles. The number of rotatable bonds is 6. The molecule has 0 bridgehead atoms. The predicted molar refractivity (Wildman–Crippen MR) is 210 cm³/mol. The van der Waals surface area contributed by atoms with Gasteiger partial charge in [-0.05, 0) is 63.6 Å². The van der Waals surface area contributed by atoms with Gasteiger partial charge in [0, 0.05) is 39.3 Å². The molecule has 0 aliphatic heterocycles. The van der Waals surface area contributed by atoms with Crippen LogP contribution < -0.4 is 5.19 Å². The molecule has 0 N–H and O–H groups in total. The predicted octanol–water partition coefficient (Wildman–Crippen LogP) is 11.9. The SMILES string of the molecule is CC(C)(C)Cc1ccnc(-c2[c-]ccc3c2oc2ccc(-c4ccccc4)cc23)c1.[2H]C(C)(C)c1cc(-c2[c-]cccc2)ncc1[Si](C)(C)C.[Ir]. The molecule has 7 aromatic rings. The van der Waals surface area contributed by atoms with Crippen LogP contribution in [0.3, 0.4) is 0 Å². The van der Waals surface area contributed by atoms with Crippen molar-refractivity contribution in [2.24, 2.45) is 5.41 Å². The van der Waals surface area contributed by atoms with Crippen LogP contribution in [0.5, 0.6) is 0 Å². The summed E-state index contributed by atoms with van der Waals surface area (Å²) in [6.45, 7) is 17.6. The molecule has 0 fully saturated rings. The molecule has 0 spiro atoms. The van der Waals surface area contributed by atoms with Crippen LogP contribution in [0.2, 0.25) is 19.6 Å². The topological polar surface area (TPSA) is 38.9 Å². The van der Waals surface area contributed by atoms with Crippen molar-refractivity contribution in [2.45, 2.75) is 66.6 Å². The Bertz CT molecular complexity index is 2250. The molecule has 1 radical (unpaired) electrons. The van der Waals surface area contributed by atoms with Crippen LogP contribution in [-0.2, 0) is 26.5 Å². The van der Waals surface area contributed by atoms with E-state index in [0.717, 1.165) is 56.4 Å². The van der Waals surface area contributed by atoms with Gasteiger partial charge in [-0.25, -0.2) is 0 Å². The van der Waals surface area contributed by atoms with E-state index in [1.165, 1.54) is 21.9 Å². The van der Waals surface area contributed by atoms with Gasteiger partial charge in [0.05, 0.1) is 13.7 Å². The summed E-state index contributed by atoms with van der Waals surface area (Å²) in [5.41, 5.74) is 10.4. The summed E-state index contributed by atoms with van der Waals surface area (Å²) in [5.74, 6) is -0.609. The van der Waals surface area contributed by atoms with Crippen LogP contribution in [0, 0.1) is 17.5 Å². The largest absolute Gasteiger partial charge is 0.501 e. The number of benzene rings is 4. The first-order chi connectivity index (χ1) is 23.7. The van der Waals surface area contributed by atoms with Crippen molar-refractivity contribution in [1.29, 1.82) is 0 Å². The average Bonchev–Trinajstić information content (AvgIpc) is 3.46. The van der Waals surface area contributed by atoms with Gasteiger partial charge < -0.3 is 14.4 Å². The standard InChI is InChI=1S/C28H24NO.C17H22NSi.Ir/c1-28(2,3)18-19-14-15-29-25(16-19)23-11-7-10-22-24-17-21(20-8-5-4-6-9-20)12-13-26(24)30-27(22)23;1-13(2)15-11-16(14-9-7-6-8-10-14)18-12-17(15)19(3,4)5;/h4-10,12-17H,18H2,1-3H3;6-9,11-13H,1-5H3;/q2*-1;/i;13D;. The first kappa shape index (κ1) is 35.7. The zero-order chi connectivity index (χ0) is 35.7. The summed E-state index contributed by atoms with van der Waals surface area (Å²) in [6.07, 6.45) is 4.87. The monoisotopic (exact) mass is 852 g/mol. The van der Waals surface area contributed by atoms with E-state index >= 15 is 0 Å². The van der Waals surface area contributed by atoms with Crippen LogP contribution in [0.25, 0.3) is 55.6 Å². The Morgan fingerprint density at radius 2 is 1.54 bits per heavy atom. The van der Waals surface area contributed by atoms with Crippen molar-refractivity contribution < 1.29 is 25.9 Å². The maximum atomic E-state index is 8.44. The number of aromatic nitrogens is 2. The number of nitrogens with zero attached hydrogens (tertiary/aromatic N) is 2. The van der Waals surface area contributed by atoms with Gasteiger partial charge in [-0.3, -0.25) is 0 Å². The van der Waals surface area contributed by atoms with Crippen molar-refractivity contribution in [3.63, 3.8) is 0 Å². The second-order valence-electron chi connectivity index (χ2n) is 15.2. The van der Waals surface area contributed by atoms with E-state index < -0.39 is 14.0 Å². The zero-order valence-electron chi connectivity index (χ0n) is 31.3. The van der Waals surface area contributed by atoms with Crippen LogP contribution >= 0.6 is 0 Å². The molecule has 0 amide bonds. The van der Waals surface area contributed by atoms with E-state index in [1.54, 1.807) is 0 Å². The van der Waals surface area contributed by atoms with Crippen molar-refractivity contribution in [3.8, 4) is 33.6 Å². The third-order valence-electron chi connectivity index (χ3n) is 8.59. The van der Waals surface area contributed by atoms with E-state index in [9.17, 15) is 0 Å². The zero-order valence-corrected chi connectivity index (χ0v) is 33.7. The van der Waals surface area contributed by atoms with E-state index in [0.29, 0.717) is 0 Å². The molecule has 0 aliphatic rings. The Morgan fingerprint density at radius 1 is 0.780 bits per heavy atom. The van der Waals surface area contributed by atoms with E-state index in [1.807, 2.05) is 62.6 Å². The van der Waals surface area contributed by atoms with Crippen molar-refractivity contribution in [2.75, 3.05) is 0 Å². The van der Waals surface area contributed by atoms with Crippen LogP contribution in [0.1, 0.15) is 53.0 Å². The molecule has 3 aromatic heterocycles. The molecule has 4 aromatic carbocycles. The number of hydrogen-bond acceptors (Lipinski definition) is 3. The minimum Gasteiger partial charge on any atom is -0.501 e. The summed E-state index contributed by atoms with van der Waals surface area (Å²) in [4.78, 5) is 9.24. The van der Waals surface area contributed by atoms with Gasteiger partial charge in [0.2, 0.25) is 0 Å². The third-order valence-corrected chi connectivity index (χ3v) is 10.6. The molecule has 0 atom stereocenters. The van der Waals surface area contributed by atoms with E-state index in [4.69, 9.17) is 5.79 Å². The molecule has 0 saturated heterocycles.